The maximum Gasteiger partial charge on any atom is 0.164 e. The van der Waals surface area contributed by atoms with Crippen molar-refractivity contribution in [1.82, 2.24) is 19.5 Å². The highest BCUT2D eigenvalue weighted by Crippen LogP contribution is 2.40. The molecule has 10 aromatic rings. The van der Waals surface area contributed by atoms with Crippen LogP contribution in [0.25, 0.3) is 94.7 Å². The van der Waals surface area contributed by atoms with Crippen LogP contribution in [0.3, 0.4) is 0 Å². The van der Waals surface area contributed by atoms with Crippen molar-refractivity contribution in [1.29, 1.82) is 0 Å². The summed E-state index contributed by atoms with van der Waals surface area (Å²) in [4.78, 5) is 14.2. The summed E-state index contributed by atoms with van der Waals surface area (Å²) < 4.78 is 50.6. The number of furan rings is 1. The van der Waals surface area contributed by atoms with Crippen molar-refractivity contribution in [2.45, 2.75) is 0 Å². The zero-order valence-electron chi connectivity index (χ0n) is 31.5. The number of nitrogens with zero attached hydrogens (tertiary/aromatic N) is 4. The third-order valence-electron chi connectivity index (χ3n) is 9.14. The first-order valence-corrected chi connectivity index (χ1v) is 16.3. The topological polar surface area (TPSA) is 56.7 Å². The van der Waals surface area contributed by atoms with Crippen molar-refractivity contribution < 1.29 is 11.3 Å². The first-order valence-electron chi connectivity index (χ1n) is 18.8. The summed E-state index contributed by atoms with van der Waals surface area (Å²) in [5.41, 5.74) is 8.15. The number of para-hydroxylation sites is 1. The summed E-state index contributed by atoms with van der Waals surface area (Å²) in [6, 6.07) is 44.5. The molecule has 10 rings (SSSR count). The lowest BCUT2D eigenvalue weighted by molar-refractivity contribution is 0.669. The van der Waals surface area contributed by atoms with E-state index in [4.69, 9.17) is 21.2 Å². The molecule has 0 unspecified atom stereocenters. The van der Waals surface area contributed by atoms with Crippen molar-refractivity contribution in [3.05, 3.63) is 170 Å². The van der Waals surface area contributed by atoms with Crippen molar-refractivity contribution in [3.8, 4) is 51.0 Å². The van der Waals surface area contributed by atoms with E-state index in [1.54, 1.807) is 0 Å². The number of hydrogen-bond donors (Lipinski definition) is 0. The standard InChI is InChI=1S/C45H28N4O/c1-4-13-29(14-5-1)34-20-12-22-39-42(34)35-19-10-11-21-38(35)49(39)33-24-26-41-37(28-33)36-27-32(23-25-40(36)50-41)45-47-43(30-15-6-2-7-16-30)46-44(48-45)31-17-8-3-9-18-31/h1-28H/i2D,6D,7D,15D,16D. The quantitative estimate of drug-likeness (QED) is 0.187. The van der Waals surface area contributed by atoms with Crippen molar-refractivity contribution in [3.63, 3.8) is 0 Å². The van der Waals surface area contributed by atoms with Gasteiger partial charge in [0.2, 0.25) is 0 Å². The minimum absolute atomic E-state index is 0.0125. The van der Waals surface area contributed by atoms with E-state index in [0.717, 1.165) is 44.0 Å². The molecule has 3 heterocycles. The second-order valence-corrected chi connectivity index (χ2v) is 12.1. The van der Waals surface area contributed by atoms with Gasteiger partial charge in [-0.05, 0) is 59.7 Å². The normalized spacial score (nSPS) is 13.0. The van der Waals surface area contributed by atoms with Gasteiger partial charge in [-0.1, -0.05) is 121 Å². The monoisotopic (exact) mass is 645 g/mol. The fraction of sp³-hybridized carbons (Fsp3) is 0. The minimum Gasteiger partial charge on any atom is -0.456 e. The Morgan fingerprint density at radius 2 is 1.08 bits per heavy atom. The molecule has 50 heavy (non-hydrogen) atoms. The van der Waals surface area contributed by atoms with Gasteiger partial charge in [0, 0.05) is 43.9 Å². The molecule has 0 aliphatic heterocycles. The van der Waals surface area contributed by atoms with E-state index < -0.39 is 18.1 Å². The highest BCUT2D eigenvalue weighted by molar-refractivity contribution is 6.16. The van der Waals surface area contributed by atoms with Gasteiger partial charge in [-0.25, -0.2) is 15.0 Å². The molecule has 0 N–H and O–H groups in total. The molecule has 0 fully saturated rings. The van der Waals surface area contributed by atoms with Crippen LogP contribution < -0.4 is 0 Å². The van der Waals surface area contributed by atoms with Crippen LogP contribution in [-0.4, -0.2) is 19.5 Å². The number of benzene rings is 7. The van der Waals surface area contributed by atoms with E-state index in [2.05, 4.69) is 88.4 Å². The first kappa shape index (κ1) is 23.5. The van der Waals surface area contributed by atoms with Gasteiger partial charge in [0.05, 0.1) is 17.9 Å². The Kier molecular flexibility index (Phi) is 5.35. The molecule has 5 nitrogen and oxygen atoms in total. The molecule has 0 bridgehead atoms. The summed E-state index contributed by atoms with van der Waals surface area (Å²) >= 11 is 0. The summed E-state index contributed by atoms with van der Waals surface area (Å²) in [5.74, 6) is 0.591. The van der Waals surface area contributed by atoms with Crippen LogP contribution in [0.4, 0.5) is 0 Å². The van der Waals surface area contributed by atoms with E-state index in [1.165, 1.54) is 10.9 Å². The SMILES string of the molecule is [2H]c1c([2H])c([2H])c(-c2nc(-c3ccccc3)nc(-c3ccc4oc5ccc(-n6c7ccccc7c7c(-c8ccccc8)cccc76)cc5c4c3)n2)c([2H])c1[2H]. The molecule has 7 aromatic carbocycles. The van der Waals surface area contributed by atoms with Crippen LogP contribution in [-0.2, 0) is 0 Å². The van der Waals surface area contributed by atoms with Gasteiger partial charge in [-0.2, -0.15) is 0 Å². The molecule has 234 valence electrons. The predicted molar refractivity (Wildman–Crippen MR) is 203 cm³/mol. The Morgan fingerprint density at radius 3 is 1.86 bits per heavy atom. The molecule has 0 amide bonds. The fourth-order valence-corrected chi connectivity index (χ4v) is 6.89. The molecular weight excluding hydrogens is 613 g/mol. The lowest BCUT2D eigenvalue weighted by atomic mass is 9.99. The van der Waals surface area contributed by atoms with E-state index >= 15 is 0 Å². The maximum absolute atomic E-state index is 8.65. The van der Waals surface area contributed by atoms with E-state index in [-0.39, 0.29) is 23.5 Å². The summed E-state index contributed by atoms with van der Waals surface area (Å²) in [7, 11) is 0. The van der Waals surface area contributed by atoms with Crippen LogP contribution in [0.15, 0.2) is 174 Å². The zero-order valence-corrected chi connectivity index (χ0v) is 26.5. The third-order valence-corrected chi connectivity index (χ3v) is 9.14. The largest absolute Gasteiger partial charge is 0.456 e. The molecule has 3 aromatic heterocycles. The van der Waals surface area contributed by atoms with Gasteiger partial charge >= 0.3 is 0 Å². The van der Waals surface area contributed by atoms with Crippen LogP contribution in [0.1, 0.15) is 6.85 Å². The van der Waals surface area contributed by atoms with Gasteiger partial charge in [-0.3, -0.25) is 0 Å². The van der Waals surface area contributed by atoms with Crippen molar-refractivity contribution in [2.24, 2.45) is 0 Å². The lowest BCUT2D eigenvalue weighted by Gasteiger charge is -2.09. The smallest absolute Gasteiger partial charge is 0.164 e. The maximum atomic E-state index is 8.65. The molecule has 5 heteroatoms. The third kappa shape index (κ3) is 4.60. The van der Waals surface area contributed by atoms with Gasteiger partial charge in [0.1, 0.15) is 11.2 Å². The van der Waals surface area contributed by atoms with Gasteiger partial charge in [0.25, 0.3) is 0 Å². The van der Waals surface area contributed by atoms with E-state index in [0.29, 0.717) is 28.4 Å². The Bertz CT molecular complexity index is 3130. The first-order chi connectivity index (χ1) is 26.9. The van der Waals surface area contributed by atoms with Gasteiger partial charge in [0.15, 0.2) is 17.5 Å². The van der Waals surface area contributed by atoms with E-state index in [1.807, 2.05) is 60.7 Å². The molecule has 0 saturated carbocycles. The molecule has 0 saturated heterocycles. The molecule has 0 radical (unpaired) electrons. The lowest BCUT2D eigenvalue weighted by Crippen LogP contribution is -2.00. The van der Waals surface area contributed by atoms with E-state index in [9.17, 15) is 0 Å². The summed E-state index contributed by atoms with van der Waals surface area (Å²) in [6.45, 7) is 0. The Hall–Kier alpha value is -6.85. The van der Waals surface area contributed by atoms with Gasteiger partial charge < -0.3 is 8.98 Å². The summed E-state index contributed by atoms with van der Waals surface area (Å²) in [5, 5.41) is 4.10. The molecular formula is C45H28N4O. The fourth-order valence-electron chi connectivity index (χ4n) is 6.89. The van der Waals surface area contributed by atoms with Crippen molar-refractivity contribution in [2.75, 3.05) is 0 Å². The average Bonchev–Trinajstić information content (AvgIpc) is 3.78. The van der Waals surface area contributed by atoms with Crippen LogP contribution in [0.2, 0.25) is 0 Å². The number of rotatable bonds is 5. The number of aromatic nitrogens is 4. The predicted octanol–water partition coefficient (Wildman–Crippen LogP) is 11.5. The minimum atomic E-state index is -0.481. The van der Waals surface area contributed by atoms with Crippen LogP contribution >= 0.6 is 0 Å². The molecule has 0 aliphatic carbocycles. The Labute approximate surface area is 294 Å². The highest BCUT2D eigenvalue weighted by atomic mass is 16.3. The Morgan fingerprint density at radius 1 is 0.460 bits per heavy atom. The van der Waals surface area contributed by atoms with Crippen LogP contribution in [0.5, 0.6) is 0 Å². The number of hydrogen-bond acceptors (Lipinski definition) is 4. The highest BCUT2D eigenvalue weighted by Gasteiger charge is 2.18. The average molecular weight is 646 g/mol. The van der Waals surface area contributed by atoms with Crippen LogP contribution in [0, 0.1) is 0 Å². The van der Waals surface area contributed by atoms with Gasteiger partial charge in [-0.15, -0.1) is 0 Å². The molecule has 0 aliphatic rings. The second-order valence-electron chi connectivity index (χ2n) is 12.1. The number of fused-ring (bicyclic) bond motifs is 6. The second kappa shape index (κ2) is 11.4. The Balaban J connectivity index is 1.17. The molecule has 0 spiro atoms. The van der Waals surface area contributed by atoms with Crippen molar-refractivity contribution >= 4 is 43.7 Å². The molecule has 0 atom stereocenters. The summed E-state index contributed by atoms with van der Waals surface area (Å²) in [6.07, 6.45) is 0. The zero-order chi connectivity index (χ0) is 37.4.